The van der Waals surface area contributed by atoms with Gasteiger partial charge in [-0.2, -0.15) is 0 Å². The smallest absolute Gasteiger partial charge is 0.335 e. The van der Waals surface area contributed by atoms with E-state index in [4.69, 9.17) is 0 Å². The fourth-order valence-electron chi connectivity index (χ4n) is 8.67. The van der Waals surface area contributed by atoms with E-state index >= 15 is 0 Å². The Morgan fingerprint density at radius 1 is 0.254 bits per heavy atom. The molecular formula is C48H27N3O12. The first-order valence-corrected chi connectivity index (χ1v) is 19.0. The molecule has 0 aliphatic carbocycles. The summed E-state index contributed by atoms with van der Waals surface area (Å²) in [7, 11) is 0. The molecule has 3 aromatic heterocycles. The summed E-state index contributed by atoms with van der Waals surface area (Å²) in [5.41, 5.74) is 4.32. The van der Waals surface area contributed by atoms with Crippen molar-refractivity contribution in [1.29, 1.82) is 0 Å². The topological polar surface area (TPSA) is 239 Å². The number of carboxylic acids is 6. The van der Waals surface area contributed by atoms with Crippen LogP contribution >= 0.6 is 0 Å². The number of aromatic carboxylic acids is 6. The van der Waals surface area contributed by atoms with E-state index in [0.29, 0.717) is 82.5 Å². The standard InChI is InChI=1S/C48H27N3O12/c52-43(53)22-1-7-37-31(13-22)32-14-23(44(54)55)2-8-38(32)49(37)28-19-29(50-39-9-3-24(45(56)57)15-33(39)34-16-25(46(58)59)4-10-40(34)50)21-30(20-28)51-41-11-5-26(47(60)61)17-35(41)36-18-27(48(62)63)6-12-42(36)51/h1-21H,(H,52,53)(H,54,55)(H,56,57)(H,58,59)(H,60,61)(H,62,63). The molecule has 6 N–H and O–H groups in total. The van der Waals surface area contributed by atoms with Crippen LogP contribution in [-0.2, 0) is 0 Å². The fraction of sp³-hybridized carbons (Fsp3) is 0. The maximum absolute atomic E-state index is 12.2. The fourth-order valence-corrected chi connectivity index (χ4v) is 8.67. The first kappa shape index (κ1) is 38.0. The number of carbonyl (C=O) groups is 6. The highest BCUT2D eigenvalue weighted by Gasteiger charge is 2.23. The predicted octanol–water partition coefficient (Wildman–Crippen LogP) is 9.17. The minimum absolute atomic E-state index is 0.0322. The van der Waals surface area contributed by atoms with Crippen LogP contribution in [0.4, 0.5) is 0 Å². The third-order valence-corrected chi connectivity index (χ3v) is 11.4. The largest absolute Gasteiger partial charge is 0.478 e. The Morgan fingerprint density at radius 3 is 0.556 bits per heavy atom. The molecule has 0 unspecified atom stereocenters. The summed E-state index contributed by atoms with van der Waals surface area (Å²) in [6, 6.07) is 32.6. The lowest BCUT2D eigenvalue weighted by molar-refractivity contribution is 0.0686. The number of rotatable bonds is 9. The van der Waals surface area contributed by atoms with Gasteiger partial charge in [0.15, 0.2) is 0 Å². The van der Waals surface area contributed by atoms with Gasteiger partial charge in [-0.25, -0.2) is 28.8 Å². The lowest BCUT2D eigenvalue weighted by Gasteiger charge is -2.17. The summed E-state index contributed by atoms with van der Waals surface area (Å²) < 4.78 is 5.52. The molecule has 10 aromatic rings. The molecule has 0 amide bonds. The Kier molecular flexibility index (Phi) is 8.23. The molecule has 15 nitrogen and oxygen atoms in total. The maximum Gasteiger partial charge on any atom is 0.335 e. The number of fused-ring (bicyclic) bond motifs is 9. The molecule has 0 saturated heterocycles. The molecule has 306 valence electrons. The van der Waals surface area contributed by atoms with Crippen LogP contribution in [0.25, 0.3) is 82.5 Å². The molecule has 0 aliphatic rings. The van der Waals surface area contributed by atoms with Gasteiger partial charge in [-0.1, -0.05) is 0 Å². The van der Waals surface area contributed by atoms with Crippen LogP contribution in [0.15, 0.2) is 127 Å². The van der Waals surface area contributed by atoms with Gasteiger partial charge in [-0.3, -0.25) is 0 Å². The van der Waals surface area contributed by atoms with Crippen molar-refractivity contribution in [1.82, 2.24) is 13.7 Å². The number of hydrogen-bond acceptors (Lipinski definition) is 6. The Bertz CT molecular complexity index is 3160. The Morgan fingerprint density at radius 2 is 0.413 bits per heavy atom. The van der Waals surface area contributed by atoms with E-state index in [0.717, 1.165) is 0 Å². The average Bonchev–Trinajstić information content (AvgIpc) is 3.89. The van der Waals surface area contributed by atoms with E-state index in [1.807, 2.05) is 31.9 Å². The second-order valence-corrected chi connectivity index (χ2v) is 14.9. The van der Waals surface area contributed by atoms with Gasteiger partial charge in [-0.15, -0.1) is 0 Å². The Balaban J connectivity index is 1.37. The van der Waals surface area contributed by atoms with E-state index < -0.39 is 35.8 Å². The maximum atomic E-state index is 12.2. The number of hydrogen-bond donors (Lipinski definition) is 6. The molecule has 10 rings (SSSR count). The van der Waals surface area contributed by atoms with Crippen molar-refractivity contribution in [3.05, 3.63) is 161 Å². The van der Waals surface area contributed by atoms with Gasteiger partial charge in [0, 0.05) is 32.3 Å². The average molecular weight is 838 g/mol. The number of aromatic nitrogens is 3. The van der Waals surface area contributed by atoms with Gasteiger partial charge >= 0.3 is 35.8 Å². The van der Waals surface area contributed by atoms with E-state index in [1.54, 1.807) is 36.4 Å². The predicted molar refractivity (Wildman–Crippen MR) is 231 cm³/mol. The van der Waals surface area contributed by atoms with Crippen molar-refractivity contribution < 1.29 is 59.4 Å². The summed E-state index contributed by atoms with van der Waals surface area (Å²) >= 11 is 0. The molecule has 3 heterocycles. The van der Waals surface area contributed by atoms with Crippen LogP contribution in [0.2, 0.25) is 0 Å². The van der Waals surface area contributed by atoms with E-state index in [1.165, 1.54) is 72.8 Å². The minimum atomic E-state index is -1.19. The van der Waals surface area contributed by atoms with Gasteiger partial charge in [0.1, 0.15) is 0 Å². The lowest BCUT2D eigenvalue weighted by Crippen LogP contribution is -2.04. The highest BCUT2D eigenvalue weighted by Crippen LogP contribution is 2.40. The second kappa shape index (κ2) is 13.7. The minimum Gasteiger partial charge on any atom is -0.478 e. The zero-order chi connectivity index (χ0) is 44.2. The van der Waals surface area contributed by atoms with Crippen molar-refractivity contribution in [2.45, 2.75) is 0 Å². The molecule has 0 atom stereocenters. The second-order valence-electron chi connectivity index (χ2n) is 14.9. The molecule has 0 aliphatic heterocycles. The molecule has 63 heavy (non-hydrogen) atoms. The van der Waals surface area contributed by atoms with Gasteiger partial charge in [0.25, 0.3) is 0 Å². The zero-order valence-electron chi connectivity index (χ0n) is 32.1. The van der Waals surface area contributed by atoms with Crippen molar-refractivity contribution >= 4 is 101 Å². The van der Waals surface area contributed by atoms with E-state index in [2.05, 4.69) is 0 Å². The summed E-state index contributed by atoms with van der Waals surface area (Å²) in [6.07, 6.45) is 0. The van der Waals surface area contributed by atoms with Gasteiger partial charge in [0.05, 0.1) is 83.5 Å². The zero-order valence-corrected chi connectivity index (χ0v) is 32.1. The van der Waals surface area contributed by atoms with Crippen molar-refractivity contribution in [2.75, 3.05) is 0 Å². The van der Waals surface area contributed by atoms with Crippen LogP contribution in [0.3, 0.4) is 0 Å². The highest BCUT2D eigenvalue weighted by atomic mass is 16.4. The molecule has 0 spiro atoms. The van der Waals surface area contributed by atoms with Crippen LogP contribution in [-0.4, -0.2) is 80.2 Å². The molecule has 0 bridgehead atoms. The quantitative estimate of drug-likeness (QED) is 0.0798. The first-order valence-electron chi connectivity index (χ1n) is 19.0. The van der Waals surface area contributed by atoms with Crippen molar-refractivity contribution in [3.8, 4) is 17.1 Å². The summed E-state index contributed by atoms with van der Waals surface area (Å²) in [6.45, 7) is 0. The number of carboxylic acid groups (broad SMARTS) is 6. The van der Waals surface area contributed by atoms with Gasteiger partial charge in [-0.05, 0) is 127 Å². The monoisotopic (exact) mass is 837 g/mol. The van der Waals surface area contributed by atoms with Gasteiger partial charge in [0.2, 0.25) is 0 Å². The SMILES string of the molecule is O=C(O)c1ccc2c(c1)c1cc(C(=O)O)ccc1n2-c1cc(-n2c3ccc(C(=O)O)cc3c3cc(C(=O)O)ccc32)cc(-n2c3ccc(C(=O)O)cc3c3cc(C(=O)O)ccc32)c1. The molecule has 15 heteroatoms. The Labute approximate surface area is 351 Å². The molecule has 0 fully saturated rings. The number of benzene rings is 7. The van der Waals surface area contributed by atoms with E-state index in [-0.39, 0.29) is 33.4 Å². The van der Waals surface area contributed by atoms with Crippen LogP contribution in [0, 0.1) is 0 Å². The van der Waals surface area contributed by atoms with E-state index in [9.17, 15) is 59.4 Å². The summed E-state index contributed by atoms with van der Waals surface area (Å²) in [4.78, 5) is 73.3. The third-order valence-electron chi connectivity index (χ3n) is 11.4. The molecule has 7 aromatic carbocycles. The lowest BCUT2D eigenvalue weighted by atomic mass is 10.1. The summed E-state index contributed by atoms with van der Waals surface area (Å²) in [5, 5.41) is 62.5. The van der Waals surface area contributed by atoms with Crippen LogP contribution in [0.5, 0.6) is 0 Å². The van der Waals surface area contributed by atoms with Crippen molar-refractivity contribution in [2.24, 2.45) is 0 Å². The summed E-state index contributed by atoms with van der Waals surface area (Å²) in [5.74, 6) is -7.15. The number of nitrogens with zero attached hydrogens (tertiary/aromatic N) is 3. The Hall–Kier alpha value is -9.24. The normalized spacial score (nSPS) is 11.6. The molecular weight excluding hydrogens is 811 g/mol. The molecule has 0 radical (unpaired) electrons. The first-order chi connectivity index (χ1) is 30.2. The van der Waals surface area contributed by atoms with Crippen LogP contribution in [0.1, 0.15) is 62.1 Å². The molecule has 0 saturated carbocycles. The third kappa shape index (κ3) is 5.83. The highest BCUT2D eigenvalue weighted by molar-refractivity contribution is 6.16. The van der Waals surface area contributed by atoms with Crippen molar-refractivity contribution in [3.63, 3.8) is 0 Å². The van der Waals surface area contributed by atoms with Gasteiger partial charge < -0.3 is 44.3 Å². The van der Waals surface area contributed by atoms with Crippen LogP contribution < -0.4 is 0 Å².